The van der Waals surface area contributed by atoms with Crippen LogP contribution in [0.25, 0.3) is 0 Å². The Bertz CT molecular complexity index is 274. The normalized spacial score (nSPS) is 33.6. The summed E-state index contributed by atoms with van der Waals surface area (Å²) in [6.07, 6.45) is 8.70. The van der Waals surface area contributed by atoms with E-state index in [4.69, 9.17) is 0 Å². The van der Waals surface area contributed by atoms with Crippen LogP contribution in [-0.2, 0) is 4.79 Å². The van der Waals surface area contributed by atoms with E-state index in [1.54, 1.807) is 0 Å². The van der Waals surface area contributed by atoms with Crippen molar-refractivity contribution in [1.82, 2.24) is 10.6 Å². The molecule has 0 aromatic rings. The first-order valence-corrected chi connectivity index (χ1v) is 7.68. The molecule has 3 atom stereocenters. The second kappa shape index (κ2) is 6.55. The average Bonchev–Trinajstić information content (AvgIpc) is 2.80. The van der Waals surface area contributed by atoms with Crippen LogP contribution in [-0.4, -0.2) is 24.5 Å². The maximum absolute atomic E-state index is 11.8. The highest BCUT2D eigenvalue weighted by Gasteiger charge is 2.25. The highest BCUT2D eigenvalue weighted by molar-refractivity contribution is 5.78. The Kier molecular flexibility index (Phi) is 5.04. The van der Waals surface area contributed by atoms with Crippen LogP contribution in [0.5, 0.6) is 0 Å². The lowest BCUT2D eigenvalue weighted by Crippen LogP contribution is -2.45. The fraction of sp³-hybridized carbons (Fsp3) is 0.933. The molecule has 1 amide bonds. The highest BCUT2D eigenvalue weighted by Crippen LogP contribution is 2.28. The minimum absolute atomic E-state index is 0.188. The van der Waals surface area contributed by atoms with Gasteiger partial charge in [0.25, 0.3) is 0 Å². The quantitative estimate of drug-likeness (QED) is 0.807. The fourth-order valence-electron chi connectivity index (χ4n) is 3.54. The number of carbonyl (C=O) groups excluding carboxylic acids is 1. The summed E-state index contributed by atoms with van der Waals surface area (Å²) in [4.78, 5) is 11.8. The van der Waals surface area contributed by atoms with Gasteiger partial charge in [0.2, 0.25) is 5.91 Å². The van der Waals surface area contributed by atoms with Crippen molar-refractivity contribution < 1.29 is 4.79 Å². The molecule has 0 saturated heterocycles. The number of carbonyl (C=O) groups is 1. The summed E-state index contributed by atoms with van der Waals surface area (Å²) in [5, 5.41) is 6.59. The summed E-state index contributed by atoms with van der Waals surface area (Å²) < 4.78 is 0. The van der Waals surface area contributed by atoms with Crippen LogP contribution in [0.4, 0.5) is 0 Å². The van der Waals surface area contributed by atoms with Gasteiger partial charge in [-0.1, -0.05) is 26.7 Å². The maximum atomic E-state index is 11.8. The van der Waals surface area contributed by atoms with E-state index in [0.717, 1.165) is 5.92 Å². The predicted molar refractivity (Wildman–Crippen MR) is 74.4 cm³/mol. The van der Waals surface area contributed by atoms with E-state index in [0.29, 0.717) is 24.5 Å². The molecule has 3 nitrogen and oxygen atoms in total. The van der Waals surface area contributed by atoms with E-state index < -0.39 is 0 Å². The number of rotatable bonds is 4. The molecule has 0 aliphatic heterocycles. The second-order valence-electron chi connectivity index (χ2n) is 6.43. The molecule has 104 valence electrons. The van der Waals surface area contributed by atoms with Gasteiger partial charge in [-0.15, -0.1) is 0 Å². The first-order chi connectivity index (χ1) is 8.65. The Morgan fingerprint density at radius 2 is 1.83 bits per heavy atom. The minimum Gasteiger partial charge on any atom is -0.352 e. The van der Waals surface area contributed by atoms with Gasteiger partial charge in [0, 0.05) is 12.1 Å². The van der Waals surface area contributed by atoms with Crippen molar-refractivity contribution in [2.75, 3.05) is 6.54 Å². The molecule has 0 aromatic carbocycles. The van der Waals surface area contributed by atoms with Crippen molar-refractivity contribution in [2.24, 2.45) is 11.8 Å². The molecule has 3 unspecified atom stereocenters. The Morgan fingerprint density at radius 1 is 1.11 bits per heavy atom. The average molecular weight is 252 g/mol. The second-order valence-corrected chi connectivity index (χ2v) is 6.43. The van der Waals surface area contributed by atoms with Gasteiger partial charge in [-0.05, 0) is 43.9 Å². The lowest BCUT2D eigenvalue weighted by Gasteiger charge is -2.33. The number of hydrogen-bond donors (Lipinski definition) is 2. The van der Waals surface area contributed by atoms with Gasteiger partial charge in [0.1, 0.15) is 0 Å². The monoisotopic (exact) mass is 252 g/mol. The molecular formula is C15H28N2O. The van der Waals surface area contributed by atoms with Crippen molar-refractivity contribution in [3.05, 3.63) is 0 Å². The van der Waals surface area contributed by atoms with E-state index >= 15 is 0 Å². The third-order valence-corrected chi connectivity index (χ3v) is 4.68. The minimum atomic E-state index is 0.188. The molecule has 0 radical (unpaired) electrons. The van der Waals surface area contributed by atoms with E-state index in [-0.39, 0.29) is 5.91 Å². The SMILES string of the molecule is CC1CCC(NCC(=O)NC2CCCC2)C(C)C1. The zero-order valence-corrected chi connectivity index (χ0v) is 11.9. The van der Waals surface area contributed by atoms with Crippen LogP contribution in [0, 0.1) is 11.8 Å². The van der Waals surface area contributed by atoms with Crippen LogP contribution in [0.15, 0.2) is 0 Å². The summed E-state index contributed by atoms with van der Waals surface area (Å²) in [7, 11) is 0. The molecule has 0 heterocycles. The third-order valence-electron chi connectivity index (χ3n) is 4.68. The zero-order chi connectivity index (χ0) is 13.0. The maximum Gasteiger partial charge on any atom is 0.234 e. The van der Waals surface area contributed by atoms with Gasteiger partial charge in [-0.25, -0.2) is 0 Å². The molecule has 2 rings (SSSR count). The molecule has 2 aliphatic carbocycles. The van der Waals surface area contributed by atoms with Crippen LogP contribution in [0.2, 0.25) is 0 Å². The Morgan fingerprint density at radius 3 is 2.50 bits per heavy atom. The highest BCUT2D eigenvalue weighted by atomic mass is 16.1. The summed E-state index contributed by atoms with van der Waals surface area (Å²) in [6.45, 7) is 5.14. The third kappa shape index (κ3) is 3.98. The summed E-state index contributed by atoms with van der Waals surface area (Å²) in [6, 6.07) is 0.985. The molecule has 0 spiro atoms. The smallest absolute Gasteiger partial charge is 0.234 e. The van der Waals surface area contributed by atoms with E-state index in [1.807, 2.05) is 0 Å². The van der Waals surface area contributed by atoms with E-state index in [2.05, 4.69) is 24.5 Å². The topological polar surface area (TPSA) is 41.1 Å². The molecule has 2 N–H and O–H groups in total. The number of amides is 1. The predicted octanol–water partition coefficient (Wildman–Crippen LogP) is 2.46. The first-order valence-electron chi connectivity index (χ1n) is 7.68. The molecule has 0 aromatic heterocycles. The number of hydrogen-bond acceptors (Lipinski definition) is 2. The molecule has 2 saturated carbocycles. The lowest BCUT2D eigenvalue weighted by atomic mass is 9.80. The fourth-order valence-corrected chi connectivity index (χ4v) is 3.54. The van der Waals surface area contributed by atoms with Crippen molar-refractivity contribution >= 4 is 5.91 Å². The molecule has 0 bridgehead atoms. The van der Waals surface area contributed by atoms with Crippen LogP contribution in [0.3, 0.4) is 0 Å². The molecule has 3 heteroatoms. The Labute approximate surface area is 111 Å². The van der Waals surface area contributed by atoms with Gasteiger partial charge in [-0.3, -0.25) is 4.79 Å². The zero-order valence-electron chi connectivity index (χ0n) is 11.9. The van der Waals surface area contributed by atoms with Gasteiger partial charge in [-0.2, -0.15) is 0 Å². The lowest BCUT2D eigenvalue weighted by molar-refractivity contribution is -0.121. The standard InChI is InChI=1S/C15H28N2O/c1-11-7-8-14(12(2)9-11)16-10-15(18)17-13-5-3-4-6-13/h11-14,16H,3-10H2,1-2H3,(H,17,18). The summed E-state index contributed by atoms with van der Waals surface area (Å²) in [5.41, 5.74) is 0. The van der Waals surface area contributed by atoms with Crippen LogP contribution >= 0.6 is 0 Å². The van der Waals surface area contributed by atoms with Gasteiger partial charge in [0.15, 0.2) is 0 Å². The Hall–Kier alpha value is -0.570. The van der Waals surface area contributed by atoms with Crippen molar-refractivity contribution in [1.29, 1.82) is 0 Å². The Balaban J connectivity index is 1.65. The van der Waals surface area contributed by atoms with Crippen molar-refractivity contribution in [2.45, 2.75) is 70.9 Å². The van der Waals surface area contributed by atoms with Crippen LogP contribution in [0.1, 0.15) is 58.8 Å². The summed E-state index contributed by atoms with van der Waals surface area (Å²) >= 11 is 0. The largest absolute Gasteiger partial charge is 0.352 e. The van der Waals surface area contributed by atoms with E-state index in [9.17, 15) is 4.79 Å². The van der Waals surface area contributed by atoms with Crippen molar-refractivity contribution in [3.63, 3.8) is 0 Å². The van der Waals surface area contributed by atoms with Crippen molar-refractivity contribution in [3.8, 4) is 0 Å². The molecule has 2 fully saturated rings. The molecule has 18 heavy (non-hydrogen) atoms. The van der Waals surface area contributed by atoms with Crippen LogP contribution < -0.4 is 10.6 Å². The first kappa shape index (κ1) is 13.9. The molecular weight excluding hydrogens is 224 g/mol. The summed E-state index contributed by atoms with van der Waals surface area (Å²) in [5.74, 6) is 1.74. The van der Waals surface area contributed by atoms with E-state index in [1.165, 1.54) is 44.9 Å². The number of nitrogens with one attached hydrogen (secondary N) is 2. The molecule has 2 aliphatic rings. The van der Waals surface area contributed by atoms with Gasteiger partial charge in [0.05, 0.1) is 6.54 Å². The van der Waals surface area contributed by atoms with Gasteiger partial charge < -0.3 is 10.6 Å². The van der Waals surface area contributed by atoms with Gasteiger partial charge >= 0.3 is 0 Å².